The molecule has 3 rings (SSSR count). The molecule has 1 aliphatic heterocycles. The Kier molecular flexibility index (Phi) is 4.17. The van der Waals surface area contributed by atoms with Crippen molar-refractivity contribution in [2.75, 3.05) is 13.2 Å². The first-order valence-electron chi connectivity index (χ1n) is 7.40. The maximum Gasteiger partial charge on any atom is 0.374 e. The van der Waals surface area contributed by atoms with E-state index in [1.54, 1.807) is 19.1 Å². The van der Waals surface area contributed by atoms with Gasteiger partial charge in [-0.15, -0.1) is 0 Å². The molecule has 0 radical (unpaired) electrons. The van der Waals surface area contributed by atoms with Crippen LogP contribution in [-0.2, 0) is 4.74 Å². The average Bonchev–Trinajstić information content (AvgIpc) is 3.11. The van der Waals surface area contributed by atoms with Crippen molar-refractivity contribution >= 4 is 34.6 Å². The van der Waals surface area contributed by atoms with Gasteiger partial charge in [0.15, 0.2) is 5.58 Å². The third kappa shape index (κ3) is 2.86. The maximum absolute atomic E-state index is 12.3. The molecule has 0 spiro atoms. The molecule has 1 aromatic heterocycles. The lowest BCUT2D eigenvalue weighted by atomic mass is 10.1. The van der Waals surface area contributed by atoms with E-state index >= 15 is 0 Å². The van der Waals surface area contributed by atoms with Gasteiger partial charge in [-0.25, -0.2) is 9.59 Å². The first-order valence-corrected chi connectivity index (χ1v) is 7.77. The van der Waals surface area contributed by atoms with Crippen LogP contribution in [0.15, 0.2) is 22.6 Å². The van der Waals surface area contributed by atoms with E-state index < -0.39 is 12.0 Å². The molecule has 0 bridgehead atoms. The average molecular weight is 337 g/mol. The summed E-state index contributed by atoms with van der Waals surface area (Å²) in [6.07, 6.45) is 1.62. The molecule has 1 atom stereocenters. The zero-order valence-electron chi connectivity index (χ0n) is 12.7. The summed E-state index contributed by atoms with van der Waals surface area (Å²) < 4.78 is 10.9. The molecule has 1 saturated heterocycles. The van der Waals surface area contributed by atoms with Gasteiger partial charge in [-0.3, -0.25) is 0 Å². The summed E-state index contributed by atoms with van der Waals surface area (Å²) in [6.45, 7) is 2.48. The Hall–Kier alpha value is -2.21. The lowest BCUT2D eigenvalue weighted by molar-refractivity contribution is 0.0388. The molecule has 0 aliphatic carbocycles. The van der Waals surface area contributed by atoms with Crippen LogP contribution in [0.2, 0.25) is 5.02 Å². The number of aryl methyl sites for hydroxylation is 1. The van der Waals surface area contributed by atoms with Crippen LogP contribution in [0.3, 0.4) is 0 Å². The number of rotatable bonds is 3. The van der Waals surface area contributed by atoms with E-state index in [2.05, 4.69) is 0 Å². The van der Waals surface area contributed by atoms with Crippen molar-refractivity contribution in [1.82, 2.24) is 4.90 Å². The molecular weight excluding hydrogens is 320 g/mol. The van der Waals surface area contributed by atoms with Crippen LogP contribution in [0, 0.1) is 6.92 Å². The van der Waals surface area contributed by atoms with E-state index in [1.165, 1.54) is 4.90 Å². The van der Waals surface area contributed by atoms with Crippen LogP contribution in [-0.4, -0.2) is 36.1 Å². The van der Waals surface area contributed by atoms with E-state index in [1.807, 2.05) is 6.07 Å². The number of amides is 2. The molecule has 0 saturated carbocycles. The first-order chi connectivity index (χ1) is 11.0. The molecule has 0 unspecified atom stereocenters. The van der Waals surface area contributed by atoms with E-state index in [-0.39, 0.29) is 18.4 Å². The van der Waals surface area contributed by atoms with Gasteiger partial charge in [0.05, 0.1) is 11.1 Å². The summed E-state index contributed by atoms with van der Waals surface area (Å²) >= 11 is 6.08. The number of halogens is 1. The predicted molar refractivity (Wildman–Crippen MR) is 85.6 cm³/mol. The molecular formula is C16H17ClN2O4. The van der Waals surface area contributed by atoms with Crippen molar-refractivity contribution in [3.05, 3.63) is 34.5 Å². The van der Waals surface area contributed by atoms with Gasteiger partial charge in [0, 0.05) is 17.5 Å². The second-order valence-electron chi connectivity index (χ2n) is 5.60. The summed E-state index contributed by atoms with van der Waals surface area (Å²) in [5, 5.41) is 1.23. The van der Waals surface area contributed by atoms with Gasteiger partial charge in [0.2, 0.25) is 5.76 Å². The summed E-state index contributed by atoms with van der Waals surface area (Å²) in [5.41, 5.74) is 6.47. The van der Waals surface area contributed by atoms with Crippen LogP contribution in [0.5, 0.6) is 0 Å². The largest absolute Gasteiger partial charge is 0.458 e. The van der Waals surface area contributed by atoms with Crippen LogP contribution >= 0.6 is 11.6 Å². The lowest BCUT2D eigenvalue weighted by Gasteiger charge is -2.21. The quantitative estimate of drug-likeness (QED) is 0.873. The standard InChI is InChI=1S/C16H17ClN2O4/c1-9-11-5-2-6-12(17)14(11)23-13(9)15(20)22-8-10-4-3-7-19(10)16(18)21/h2,5-6,10H,3-4,7-8H2,1H3,(H2,18,21)/t10-/m1/s1. The second-order valence-corrected chi connectivity index (χ2v) is 6.01. The molecule has 122 valence electrons. The van der Waals surface area contributed by atoms with Crippen LogP contribution in [0.4, 0.5) is 4.79 Å². The predicted octanol–water partition coefficient (Wildman–Crippen LogP) is 3.09. The number of hydrogen-bond donors (Lipinski definition) is 1. The van der Waals surface area contributed by atoms with Crippen LogP contribution in [0.25, 0.3) is 11.0 Å². The molecule has 1 fully saturated rings. The number of para-hydroxylation sites is 1. The smallest absolute Gasteiger partial charge is 0.374 e. The van der Waals surface area contributed by atoms with Gasteiger partial charge in [-0.05, 0) is 25.8 Å². The number of hydrogen-bond acceptors (Lipinski definition) is 4. The highest BCUT2D eigenvalue weighted by molar-refractivity contribution is 6.35. The number of likely N-dealkylation sites (tertiary alicyclic amines) is 1. The number of esters is 1. The van der Waals surface area contributed by atoms with Gasteiger partial charge in [0.1, 0.15) is 6.61 Å². The number of carbonyl (C=O) groups is 2. The van der Waals surface area contributed by atoms with Gasteiger partial charge in [-0.2, -0.15) is 0 Å². The van der Waals surface area contributed by atoms with Gasteiger partial charge < -0.3 is 19.8 Å². The number of fused-ring (bicyclic) bond motifs is 1. The molecule has 2 aromatic rings. The van der Waals surface area contributed by atoms with E-state index in [9.17, 15) is 9.59 Å². The minimum Gasteiger partial charge on any atom is -0.458 e. The SMILES string of the molecule is Cc1c(C(=O)OC[C@H]2CCCN2C(N)=O)oc2c(Cl)cccc12. The van der Waals surface area contributed by atoms with Crippen molar-refractivity contribution in [3.63, 3.8) is 0 Å². The first kappa shape index (κ1) is 15.7. The van der Waals surface area contributed by atoms with E-state index in [0.717, 1.165) is 18.2 Å². The van der Waals surface area contributed by atoms with Gasteiger partial charge in [-0.1, -0.05) is 23.7 Å². The number of nitrogens with zero attached hydrogens (tertiary/aromatic N) is 1. The highest BCUT2D eigenvalue weighted by atomic mass is 35.5. The molecule has 1 aromatic carbocycles. The summed E-state index contributed by atoms with van der Waals surface area (Å²) in [4.78, 5) is 25.1. The monoisotopic (exact) mass is 336 g/mol. The number of benzene rings is 1. The van der Waals surface area contributed by atoms with Crippen molar-refractivity contribution in [3.8, 4) is 0 Å². The minimum atomic E-state index is -0.564. The second kappa shape index (κ2) is 6.12. The third-order valence-corrected chi connectivity index (χ3v) is 4.47. The fourth-order valence-corrected chi connectivity index (χ4v) is 3.15. The van der Waals surface area contributed by atoms with Gasteiger partial charge >= 0.3 is 12.0 Å². The molecule has 2 amide bonds. The summed E-state index contributed by atoms with van der Waals surface area (Å²) in [5.74, 6) is -0.428. The van der Waals surface area contributed by atoms with Crippen molar-refractivity contribution < 1.29 is 18.7 Å². The van der Waals surface area contributed by atoms with Crippen LogP contribution < -0.4 is 5.73 Å². The number of furan rings is 1. The van der Waals surface area contributed by atoms with Crippen LogP contribution in [0.1, 0.15) is 29.0 Å². The van der Waals surface area contributed by atoms with Crippen molar-refractivity contribution in [2.24, 2.45) is 5.73 Å². The molecule has 7 heteroatoms. The van der Waals surface area contributed by atoms with E-state index in [0.29, 0.717) is 22.7 Å². The van der Waals surface area contributed by atoms with Gasteiger partial charge in [0.25, 0.3) is 0 Å². The number of nitrogens with two attached hydrogens (primary N) is 1. The zero-order chi connectivity index (χ0) is 16.6. The molecule has 6 nitrogen and oxygen atoms in total. The lowest BCUT2D eigenvalue weighted by Crippen LogP contribution is -2.41. The van der Waals surface area contributed by atoms with Crippen molar-refractivity contribution in [1.29, 1.82) is 0 Å². The molecule has 1 aliphatic rings. The Morgan fingerprint density at radius 1 is 1.48 bits per heavy atom. The minimum absolute atomic E-state index is 0.103. The third-order valence-electron chi connectivity index (χ3n) is 4.17. The summed E-state index contributed by atoms with van der Waals surface area (Å²) in [7, 11) is 0. The number of ether oxygens (including phenoxy) is 1. The number of carbonyl (C=O) groups excluding carboxylic acids is 2. The molecule has 23 heavy (non-hydrogen) atoms. The normalized spacial score (nSPS) is 17.7. The zero-order valence-corrected chi connectivity index (χ0v) is 13.4. The Labute approximate surface area is 138 Å². The van der Waals surface area contributed by atoms with E-state index in [4.69, 9.17) is 26.5 Å². The Morgan fingerprint density at radius 3 is 2.96 bits per heavy atom. The Balaban J connectivity index is 1.75. The maximum atomic E-state index is 12.3. The topological polar surface area (TPSA) is 85.8 Å². The highest BCUT2D eigenvalue weighted by Crippen LogP contribution is 2.31. The number of primary amides is 1. The molecule has 2 heterocycles. The Morgan fingerprint density at radius 2 is 2.26 bits per heavy atom. The fourth-order valence-electron chi connectivity index (χ4n) is 2.94. The molecule has 2 N–H and O–H groups in total. The highest BCUT2D eigenvalue weighted by Gasteiger charge is 2.29. The Bertz CT molecular complexity index is 771. The fraction of sp³-hybridized carbons (Fsp3) is 0.375. The van der Waals surface area contributed by atoms with Crippen molar-refractivity contribution in [2.45, 2.75) is 25.8 Å². The number of urea groups is 1. The summed E-state index contributed by atoms with van der Waals surface area (Å²) in [6, 6.07) is 4.67.